The van der Waals surface area contributed by atoms with E-state index in [2.05, 4.69) is 4.74 Å². The average Bonchev–Trinajstić information content (AvgIpc) is 2.06. The molecule has 58 valence electrons. The maximum Gasteiger partial charge on any atom is 1.00 e. The summed E-state index contributed by atoms with van der Waals surface area (Å²) in [6.07, 6.45) is 0.132. The Bertz CT molecular complexity index is 263. The Morgan fingerprint density at radius 1 is 1.33 bits per heavy atom. The molecule has 3 nitrogen and oxygen atoms in total. The Morgan fingerprint density at radius 2 is 1.92 bits per heavy atom. The molecule has 0 fully saturated rings. The van der Waals surface area contributed by atoms with Crippen LogP contribution in [0, 0.1) is 0 Å². The zero-order chi connectivity index (χ0) is 8.10. The quantitative estimate of drug-likeness (QED) is 0.170. The van der Waals surface area contributed by atoms with Crippen molar-refractivity contribution in [1.82, 2.24) is 0 Å². The Labute approximate surface area is 93.5 Å². The van der Waals surface area contributed by atoms with E-state index in [1.165, 1.54) is 0 Å². The van der Waals surface area contributed by atoms with Crippen molar-refractivity contribution in [2.24, 2.45) is 0 Å². The van der Waals surface area contributed by atoms with E-state index >= 15 is 0 Å². The van der Waals surface area contributed by atoms with Crippen LogP contribution in [0.25, 0.3) is 0 Å². The van der Waals surface area contributed by atoms with Crippen molar-refractivity contribution in [3.05, 3.63) is 30.3 Å². The van der Waals surface area contributed by atoms with E-state index in [1.807, 2.05) is 0 Å². The van der Waals surface area contributed by atoms with Crippen molar-refractivity contribution in [2.45, 2.75) is 0 Å². The van der Waals surface area contributed by atoms with Crippen LogP contribution in [0.15, 0.2) is 30.3 Å². The minimum absolute atomic E-state index is 0. The third-order valence-electron chi connectivity index (χ3n) is 1.06. The normalized spacial score (nSPS) is 8.00. The summed E-state index contributed by atoms with van der Waals surface area (Å²) in [5, 5.41) is 0. The third-order valence-corrected chi connectivity index (χ3v) is 1.06. The summed E-state index contributed by atoms with van der Waals surface area (Å²) in [5.41, 5.74) is 0. The van der Waals surface area contributed by atoms with Gasteiger partial charge in [-0.25, -0.2) is 4.79 Å². The fourth-order valence-electron chi connectivity index (χ4n) is 0.629. The minimum Gasteiger partial charge on any atom is -1.00 e. The Morgan fingerprint density at radius 3 is 2.42 bits per heavy atom. The van der Waals surface area contributed by atoms with Gasteiger partial charge in [-0.05, 0) is 12.1 Å². The van der Waals surface area contributed by atoms with E-state index in [0.717, 1.165) is 0 Å². The van der Waals surface area contributed by atoms with Crippen molar-refractivity contribution in [1.29, 1.82) is 0 Å². The molecule has 0 aromatic heterocycles. The van der Waals surface area contributed by atoms with Gasteiger partial charge >= 0.3 is 35.5 Å². The van der Waals surface area contributed by atoms with E-state index in [-0.39, 0.29) is 37.3 Å². The maximum absolute atomic E-state index is 10.4. The Hall–Kier alpha value is -0.640. The van der Waals surface area contributed by atoms with E-state index < -0.39 is 5.97 Å². The standard InChI is InChI=1S/C8H6O3.Na.H/c9-6-8(10)11-7-4-2-1-3-5-7;;/h1-6H;;/q;+1;-1. The van der Waals surface area contributed by atoms with Gasteiger partial charge in [0.15, 0.2) is 0 Å². The third kappa shape index (κ3) is 3.67. The first-order chi connectivity index (χ1) is 5.33. The van der Waals surface area contributed by atoms with Crippen molar-refractivity contribution >= 4 is 12.3 Å². The van der Waals surface area contributed by atoms with Crippen molar-refractivity contribution < 1.29 is 45.3 Å². The Kier molecular flexibility index (Phi) is 5.62. The second kappa shape index (κ2) is 5.94. The molecule has 0 atom stereocenters. The van der Waals surface area contributed by atoms with Gasteiger partial charge in [-0.1, -0.05) is 18.2 Å². The molecule has 0 saturated heterocycles. The molecule has 0 unspecified atom stereocenters. The van der Waals surface area contributed by atoms with E-state index in [4.69, 9.17) is 0 Å². The number of aldehydes is 1. The molecule has 1 aromatic carbocycles. The molecule has 0 bridgehead atoms. The first-order valence-electron chi connectivity index (χ1n) is 3.05. The van der Waals surface area contributed by atoms with Crippen LogP contribution < -0.4 is 34.3 Å². The number of hydrogen-bond donors (Lipinski definition) is 0. The zero-order valence-electron chi connectivity index (χ0n) is 7.69. The van der Waals surface area contributed by atoms with Crippen LogP contribution in [-0.2, 0) is 9.59 Å². The maximum atomic E-state index is 10.4. The van der Waals surface area contributed by atoms with Gasteiger partial charge < -0.3 is 6.16 Å². The average molecular weight is 174 g/mol. The van der Waals surface area contributed by atoms with Crippen LogP contribution in [0.1, 0.15) is 1.43 Å². The van der Waals surface area contributed by atoms with Gasteiger partial charge in [0, 0.05) is 0 Å². The summed E-state index contributed by atoms with van der Waals surface area (Å²) >= 11 is 0. The molecular weight excluding hydrogens is 167 g/mol. The van der Waals surface area contributed by atoms with Crippen LogP contribution in [0.5, 0.6) is 5.75 Å². The van der Waals surface area contributed by atoms with E-state index in [1.54, 1.807) is 30.3 Å². The number of benzene rings is 1. The number of rotatable bonds is 2. The van der Waals surface area contributed by atoms with Crippen LogP contribution in [-0.4, -0.2) is 12.3 Å². The van der Waals surface area contributed by atoms with E-state index in [9.17, 15) is 9.59 Å². The van der Waals surface area contributed by atoms with Crippen molar-refractivity contribution in [3.8, 4) is 5.75 Å². The summed E-state index contributed by atoms with van der Waals surface area (Å²) in [4.78, 5) is 20.2. The van der Waals surface area contributed by atoms with Gasteiger partial charge in [0.2, 0.25) is 6.29 Å². The predicted molar refractivity (Wildman–Crippen MR) is 39.3 cm³/mol. The van der Waals surface area contributed by atoms with Gasteiger partial charge in [0.1, 0.15) is 5.75 Å². The second-order valence-corrected chi connectivity index (χ2v) is 1.85. The van der Waals surface area contributed by atoms with Crippen LogP contribution in [0.2, 0.25) is 0 Å². The molecule has 12 heavy (non-hydrogen) atoms. The molecule has 1 rings (SSSR count). The fourth-order valence-corrected chi connectivity index (χ4v) is 0.629. The zero-order valence-corrected chi connectivity index (χ0v) is 8.69. The molecule has 0 aliphatic rings. The molecule has 0 N–H and O–H groups in total. The van der Waals surface area contributed by atoms with Crippen molar-refractivity contribution in [2.75, 3.05) is 0 Å². The molecule has 4 heteroatoms. The molecule has 0 aliphatic heterocycles. The predicted octanol–water partition coefficient (Wildman–Crippen LogP) is -2.09. The minimum atomic E-state index is -0.879. The molecular formula is C8H7NaO3. The first-order valence-corrected chi connectivity index (χ1v) is 3.05. The topological polar surface area (TPSA) is 43.4 Å². The van der Waals surface area contributed by atoms with Gasteiger partial charge in [-0.2, -0.15) is 0 Å². The molecule has 0 radical (unpaired) electrons. The number of hydrogen-bond acceptors (Lipinski definition) is 3. The smallest absolute Gasteiger partial charge is 1.00 e. The van der Waals surface area contributed by atoms with Crippen LogP contribution in [0.3, 0.4) is 0 Å². The molecule has 0 amide bonds. The molecule has 1 aromatic rings. The van der Waals surface area contributed by atoms with Gasteiger partial charge in [0.25, 0.3) is 0 Å². The van der Waals surface area contributed by atoms with E-state index in [0.29, 0.717) is 5.75 Å². The summed E-state index contributed by atoms with van der Waals surface area (Å²) in [6.45, 7) is 0. The largest absolute Gasteiger partial charge is 1.00 e. The second-order valence-electron chi connectivity index (χ2n) is 1.85. The van der Waals surface area contributed by atoms with Crippen molar-refractivity contribution in [3.63, 3.8) is 0 Å². The van der Waals surface area contributed by atoms with Gasteiger partial charge in [-0.15, -0.1) is 0 Å². The number of esters is 1. The monoisotopic (exact) mass is 174 g/mol. The SMILES string of the molecule is O=CC(=O)Oc1ccccc1.[H-].[Na+]. The number of para-hydroxylation sites is 1. The fraction of sp³-hybridized carbons (Fsp3) is 0. The molecule has 0 saturated carbocycles. The summed E-state index contributed by atoms with van der Waals surface area (Å²) in [5.74, 6) is -0.499. The number of carbonyl (C=O) groups excluding carboxylic acids is 2. The van der Waals surface area contributed by atoms with Crippen LogP contribution >= 0.6 is 0 Å². The molecule has 0 aliphatic carbocycles. The summed E-state index contributed by atoms with van der Waals surface area (Å²) in [7, 11) is 0. The number of carbonyl (C=O) groups is 2. The number of ether oxygens (including phenoxy) is 1. The summed E-state index contributed by atoms with van der Waals surface area (Å²) in [6, 6.07) is 8.42. The molecule has 0 heterocycles. The van der Waals surface area contributed by atoms with Crippen LogP contribution in [0.4, 0.5) is 0 Å². The first kappa shape index (κ1) is 11.4. The van der Waals surface area contributed by atoms with Gasteiger partial charge in [0.05, 0.1) is 0 Å². The molecule has 0 spiro atoms. The van der Waals surface area contributed by atoms with Gasteiger partial charge in [-0.3, -0.25) is 4.79 Å². The summed E-state index contributed by atoms with van der Waals surface area (Å²) < 4.78 is 4.56. The Balaban J connectivity index is 0.